The quantitative estimate of drug-likeness (QED) is 0.664. The van der Waals surface area contributed by atoms with Crippen molar-refractivity contribution in [2.45, 2.75) is 13.8 Å². The minimum atomic E-state index is 0.690. The van der Waals surface area contributed by atoms with Gasteiger partial charge in [-0.1, -0.05) is 40.9 Å². The molecule has 0 unspecified atom stereocenters. The van der Waals surface area contributed by atoms with E-state index in [1.807, 2.05) is 50.2 Å². The smallest absolute Gasteiger partial charge is 0.0589 e. The number of halogens is 2. The Balaban J connectivity index is 0.000000160. The van der Waals surface area contributed by atoms with E-state index in [2.05, 4.69) is 4.98 Å². The summed E-state index contributed by atoms with van der Waals surface area (Å²) in [6.07, 6.45) is 1.64. The van der Waals surface area contributed by atoms with Crippen molar-refractivity contribution in [2.24, 2.45) is 0 Å². The van der Waals surface area contributed by atoms with Gasteiger partial charge in [0.1, 0.15) is 0 Å². The maximum absolute atomic E-state index is 5.61. The molecule has 2 aromatic rings. The highest BCUT2D eigenvalue weighted by atomic mass is 35.5. The fraction of sp³-hybridized carbons (Fsp3) is 0.154. The van der Waals surface area contributed by atoms with E-state index in [4.69, 9.17) is 23.2 Å². The largest absolute Gasteiger partial charge is 0.260 e. The first kappa shape index (κ1) is 13.0. The lowest BCUT2D eigenvalue weighted by molar-refractivity contribution is 1.20. The summed E-state index contributed by atoms with van der Waals surface area (Å²) in [5, 5.41) is 1.49. The van der Waals surface area contributed by atoms with Crippen molar-refractivity contribution in [3.8, 4) is 0 Å². The summed E-state index contributed by atoms with van der Waals surface area (Å²) in [4.78, 5) is 3.95. The van der Waals surface area contributed by atoms with Crippen molar-refractivity contribution in [3.63, 3.8) is 0 Å². The Bertz CT molecular complexity index is 335. The van der Waals surface area contributed by atoms with E-state index in [1.54, 1.807) is 6.20 Å². The molecule has 0 aliphatic rings. The van der Waals surface area contributed by atoms with Gasteiger partial charge in [0.2, 0.25) is 0 Å². The van der Waals surface area contributed by atoms with Crippen LogP contribution in [0, 0.1) is 13.8 Å². The number of rotatable bonds is 0. The maximum atomic E-state index is 5.61. The van der Waals surface area contributed by atoms with Gasteiger partial charge in [-0.05, 0) is 38.1 Å². The summed E-state index contributed by atoms with van der Waals surface area (Å²) in [5.41, 5.74) is 2.24. The van der Waals surface area contributed by atoms with Gasteiger partial charge in [-0.25, -0.2) is 0 Å². The highest BCUT2D eigenvalue weighted by molar-refractivity contribution is 6.30. The minimum absolute atomic E-state index is 0.690. The van der Waals surface area contributed by atoms with Gasteiger partial charge in [0.05, 0.1) is 5.02 Å². The molecule has 0 aliphatic carbocycles. The number of hydrogen-bond donors (Lipinski definition) is 0. The Morgan fingerprint density at radius 2 is 1.38 bits per heavy atom. The average Bonchev–Trinajstić information content (AvgIpc) is 2.28. The molecule has 1 aromatic heterocycles. The second-order valence-electron chi connectivity index (χ2n) is 3.41. The Kier molecular flexibility index (Phi) is 5.30. The second-order valence-corrected chi connectivity index (χ2v) is 4.29. The summed E-state index contributed by atoms with van der Waals surface area (Å²) in [6.45, 7) is 3.96. The highest BCUT2D eigenvalue weighted by Gasteiger charge is 1.83. The van der Waals surface area contributed by atoms with Crippen molar-refractivity contribution >= 4 is 23.2 Å². The molecule has 0 N–H and O–H groups in total. The third-order valence-corrected chi connectivity index (χ3v) is 2.36. The number of nitrogens with zero attached hydrogens (tertiary/aromatic N) is 1. The van der Waals surface area contributed by atoms with Gasteiger partial charge in [-0.15, -0.1) is 0 Å². The molecule has 0 amide bonds. The molecule has 1 aromatic carbocycles. The number of hydrogen-bond acceptors (Lipinski definition) is 1. The van der Waals surface area contributed by atoms with Gasteiger partial charge in [-0.2, -0.15) is 0 Å². The molecule has 0 atom stereocenters. The first-order valence-electron chi connectivity index (χ1n) is 4.88. The standard InChI is InChI=1S/C7H7Cl.C6H6ClN/c1-6-2-4-7(8)5-3-6;1-5-2-3-6(7)4-8-5/h2-5H,1H3;2-4H,1H3. The molecule has 0 spiro atoms. The number of pyridine rings is 1. The van der Waals surface area contributed by atoms with E-state index in [0.717, 1.165) is 10.7 Å². The zero-order chi connectivity index (χ0) is 12.0. The Hall–Kier alpha value is -1.05. The normalized spacial score (nSPS) is 9.25. The molecule has 2 rings (SSSR count). The Morgan fingerprint density at radius 1 is 0.812 bits per heavy atom. The van der Waals surface area contributed by atoms with Crippen LogP contribution in [-0.4, -0.2) is 4.98 Å². The molecule has 0 radical (unpaired) electrons. The van der Waals surface area contributed by atoms with Crippen LogP contribution in [0.15, 0.2) is 42.6 Å². The lowest BCUT2D eigenvalue weighted by atomic mass is 10.2. The first-order chi connectivity index (χ1) is 7.58. The van der Waals surface area contributed by atoms with Crippen molar-refractivity contribution in [3.05, 3.63) is 63.9 Å². The van der Waals surface area contributed by atoms with Gasteiger partial charge in [-0.3, -0.25) is 4.98 Å². The van der Waals surface area contributed by atoms with Crippen LogP contribution >= 0.6 is 23.2 Å². The van der Waals surface area contributed by atoms with E-state index in [0.29, 0.717) is 5.02 Å². The predicted octanol–water partition coefficient (Wildman–Crippen LogP) is 4.69. The van der Waals surface area contributed by atoms with Gasteiger partial charge in [0, 0.05) is 16.9 Å². The van der Waals surface area contributed by atoms with Gasteiger partial charge in [0.15, 0.2) is 0 Å². The van der Waals surface area contributed by atoms with Crippen LogP contribution in [0.3, 0.4) is 0 Å². The third kappa shape index (κ3) is 5.15. The first-order valence-corrected chi connectivity index (χ1v) is 5.64. The van der Waals surface area contributed by atoms with Crippen LogP contribution in [0.1, 0.15) is 11.3 Å². The minimum Gasteiger partial charge on any atom is -0.260 e. The summed E-state index contributed by atoms with van der Waals surface area (Å²) in [6, 6.07) is 11.4. The Labute approximate surface area is 106 Å². The SMILES string of the molecule is Cc1ccc(Cl)cc1.Cc1ccc(Cl)cn1. The molecule has 84 valence electrons. The van der Waals surface area contributed by atoms with Crippen LogP contribution < -0.4 is 0 Å². The molecule has 1 nitrogen and oxygen atoms in total. The molecule has 0 saturated carbocycles. The lowest BCUT2D eigenvalue weighted by Crippen LogP contribution is -1.75. The number of aromatic nitrogens is 1. The number of aryl methyl sites for hydroxylation is 2. The van der Waals surface area contributed by atoms with Gasteiger partial charge in [0.25, 0.3) is 0 Å². The molecular weight excluding hydrogens is 241 g/mol. The predicted molar refractivity (Wildman–Crippen MR) is 70.2 cm³/mol. The lowest BCUT2D eigenvalue weighted by Gasteiger charge is -1.88. The highest BCUT2D eigenvalue weighted by Crippen LogP contribution is 2.07. The summed E-state index contributed by atoms with van der Waals surface area (Å²) >= 11 is 11.2. The Morgan fingerprint density at radius 3 is 1.75 bits per heavy atom. The molecule has 16 heavy (non-hydrogen) atoms. The van der Waals surface area contributed by atoms with Gasteiger partial charge >= 0.3 is 0 Å². The van der Waals surface area contributed by atoms with Crippen molar-refractivity contribution in [2.75, 3.05) is 0 Å². The average molecular weight is 254 g/mol. The molecule has 0 fully saturated rings. The van der Waals surface area contributed by atoms with Crippen LogP contribution in [-0.2, 0) is 0 Å². The zero-order valence-electron chi connectivity index (χ0n) is 9.24. The number of benzene rings is 1. The second kappa shape index (κ2) is 6.51. The van der Waals surface area contributed by atoms with E-state index in [-0.39, 0.29) is 0 Å². The summed E-state index contributed by atoms with van der Waals surface area (Å²) in [5.74, 6) is 0. The van der Waals surface area contributed by atoms with E-state index < -0.39 is 0 Å². The van der Waals surface area contributed by atoms with E-state index in [1.165, 1.54) is 5.56 Å². The fourth-order valence-corrected chi connectivity index (χ4v) is 1.22. The van der Waals surface area contributed by atoms with Crippen LogP contribution in [0.4, 0.5) is 0 Å². The topological polar surface area (TPSA) is 12.9 Å². The van der Waals surface area contributed by atoms with Crippen molar-refractivity contribution < 1.29 is 0 Å². The summed E-state index contributed by atoms with van der Waals surface area (Å²) < 4.78 is 0. The molecule has 0 saturated heterocycles. The van der Waals surface area contributed by atoms with Gasteiger partial charge < -0.3 is 0 Å². The molecule has 3 heteroatoms. The summed E-state index contributed by atoms with van der Waals surface area (Å²) in [7, 11) is 0. The van der Waals surface area contributed by atoms with Crippen molar-refractivity contribution in [1.29, 1.82) is 0 Å². The molecule has 0 aliphatic heterocycles. The maximum Gasteiger partial charge on any atom is 0.0589 e. The van der Waals surface area contributed by atoms with E-state index >= 15 is 0 Å². The third-order valence-electron chi connectivity index (χ3n) is 1.89. The van der Waals surface area contributed by atoms with Crippen LogP contribution in [0.5, 0.6) is 0 Å². The molecular formula is C13H13Cl2N. The zero-order valence-corrected chi connectivity index (χ0v) is 10.8. The molecule has 0 bridgehead atoms. The van der Waals surface area contributed by atoms with Crippen molar-refractivity contribution in [1.82, 2.24) is 4.98 Å². The monoisotopic (exact) mass is 253 g/mol. The fourth-order valence-electron chi connectivity index (χ4n) is 0.983. The van der Waals surface area contributed by atoms with Crippen LogP contribution in [0.2, 0.25) is 10.0 Å². The van der Waals surface area contributed by atoms with E-state index in [9.17, 15) is 0 Å². The molecule has 1 heterocycles. The van der Waals surface area contributed by atoms with Crippen LogP contribution in [0.25, 0.3) is 0 Å².